The van der Waals surface area contributed by atoms with Crippen LogP contribution in [0.4, 0.5) is 5.69 Å². The summed E-state index contributed by atoms with van der Waals surface area (Å²) in [7, 11) is 1.86. The second-order valence-electron chi connectivity index (χ2n) is 4.76. The highest BCUT2D eigenvalue weighted by Gasteiger charge is 2.13. The number of nitrogens with zero attached hydrogens (tertiary/aromatic N) is 3. The number of hydrogen-bond acceptors (Lipinski definition) is 6. The van der Waals surface area contributed by atoms with Crippen molar-refractivity contribution in [3.8, 4) is 0 Å². The van der Waals surface area contributed by atoms with Gasteiger partial charge in [0.15, 0.2) is 5.78 Å². The number of benzene rings is 1. The third-order valence-electron chi connectivity index (χ3n) is 3.07. The van der Waals surface area contributed by atoms with Gasteiger partial charge in [-0.1, -0.05) is 0 Å². The minimum Gasteiger partial charge on any atom is -0.294 e. The first kappa shape index (κ1) is 15.3. The molecule has 0 spiro atoms. The number of carbonyl (C=O) groups is 1. The van der Waals surface area contributed by atoms with Crippen molar-refractivity contribution in [2.24, 2.45) is 0 Å². The number of Topliss-reactive ketones (excluding diaryl/α,β-unsaturated/α-hetero) is 1. The molecule has 0 saturated carbocycles. The van der Waals surface area contributed by atoms with Gasteiger partial charge in [0, 0.05) is 29.1 Å². The first-order valence-electron chi connectivity index (χ1n) is 6.32. The van der Waals surface area contributed by atoms with Crippen LogP contribution in [-0.4, -0.2) is 34.2 Å². The van der Waals surface area contributed by atoms with E-state index in [1.54, 1.807) is 16.8 Å². The zero-order valence-corrected chi connectivity index (χ0v) is 12.6. The lowest BCUT2D eigenvalue weighted by atomic mass is 10.1. The number of aromatic nitrogens is 1. The first-order chi connectivity index (χ1) is 9.97. The van der Waals surface area contributed by atoms with Gasteiger partial charge >= 0.3 is 0 Å². The molecule has 0 aliphatic carbocycles. The van der Waals surface area contributed by atoms with Crippen molar-refractivity contribution in [2.45, 2.75) is 13.5 Å². The summed E-state index contributed by atoms with van der Waals surface area (Å²) >= 11 is 1.57. The van der Waals surface area contributed by atoms with Gasteiger partial charge in [-0.25, -0.2) is 4.98 Å². The molecular formula is C14H15N3O3S. The Labute approximate surface area is 126 Å². The fourth-order valence-electron chi connectivity index (χ4n) is 1.88. The van der Waals surface area contributed by atoms with E-state index in [0.29, 0.717) is 12.1 Å². The molecule has 1 heterocycles. The molecule has 1 aromatic carbocycles. The quantitative estimate of drug-likeness (QED) is 0.466. The lowest BCUT2D eigenvalue weighted by molar-refractivity contribution is -0.384. The van der Waals surface area contributed by atoms with E-state index >= 15 is 0 Å². The van der Waals surface area contributed by atoms with Crippen molar-refractivity contribution >= 4 is 22.8 Å². The number of non-ortho nitro benzene ring substituents is 1. The molecule has 0 aliphatic rings. The average molecular weight is 305 g/mol. The summed E-state index contributed by atoms with van der Waals surface area (Å²) < 4.78 is 0. The Bertz CT molecular complexity index is 652. The number of carbonyl (C=O) groups excluding carboxylic acids is 1. The second kappa shape index (κ2) is 6.55. The fraction of sp³-hybridized carbons (Fsp3) is 0.286. The highest BCUT2D eigenvalue weighted by atomic mass is 32.1. The Morgan fingerprint density at radius 1 is 1.38 bits per heavy atom. The zero-order chi connectivity index (χ0) is 15.4. The Balaban J connectivity index is 1.97. The van der Waals surface area contributed by atoms with Crippen LogP contribution >= 0.6 is 11.3 Å². The minimum absolute atomic E-state index is 0.0137. The highest BCUT2D eigenvalue weighted by Crippen LogP contribution is 2.15. The predicted octanol–water partition coefficient (Wildman–Crippen LogP) is 2.67. The van der Waals surface area contributed by atoms with Gasteiger partial charge in [0.2, 0.25) is 0 Å². The monoisotopic (exact) mass is 305 g/mol. The number of aryl methyl sites for hydroxylation is 1. The maximum atomic E-state index is 12.1. The van der Waals surface area contributed by atoms with Gasteiger partial charge in [-0.05, 0) is 26.1 Å². The molecule has 7 heteroatoms. The number of rotatable bonds is 6. The van der Waals surface area contributed by atoms with E-state index in [1.807, 2.05) is 18.9 Å². The smallest absolute Gasteiger partial charge is 0.269 e. The van der Waals surface area contributed by atoms with Crippen LogP contribution in [0.2, 0.25) is 0 Å². The molecule has 0 fully saturated rings. The minimum atomic E-state index is -0.479. The van der Waals surface area contributed by atoms with Crippen LogP contribution in [0.3, 0.4) is 0 Å². The van der Waals surface area contributed by atoms with Crippen molar-refractivity contribution < 1.29 is 9.72 Å². The zero-order valence-electron chi connectivity index (χ0n) is 11.8. The van der Waals surface area contributed by atoms with Crippen molar-refractivity contribution in [1.82, 2.24) is 9.88 Å². The van der Waals surface area contributed by atoms with E-state index in [2.05, 4.69) is 4.98 Å². The van der Waals surface area contributed by atoms with E-state index in [-0.39, 0.29) is 18.0 Å². The van der Waals surface area contributed by atoms with Crippen LogP contribution in [0.15, 0.2) is 29.8 Å². The molecule has 6 nitrogen and oxygen atoms in total. The number of ketones is 1. The lowest BCUT2D eigenvalue weighted by Crippen LogP contribution is -2.25. The summed E-state index contributed by atoms with van der Waals surface area (Å²) in [4.78, 5) is 29.4. The molecule has 2 aromatic rings. The molecule has 0 radical (unpaired) electrons. The molecule has 0 bridgehead atoms. The normalized spacial score (nSPS) is 10.8. The van der Waals surface area contributed by atoms with Crippen LogP contribution in [0.25, 0.3) is 0 Å². The summed E-state index contributed by atoms with van der Waals surface area (Å²) in [6.07, 6.45) is 0. The van der Waals surface area contributed by atoms with Gasteiger partial charge in [-0.3, -0.25) is 19.8 Å². The van der Waals surface area contributed by atoms with E-state index < -0.39 is 4.92 Å². The number of nitro groups is 1. The number of likely N-dealkylation sites (N-methyl/N-ethyl adjacent to an activating group) is 1. The largest absolute Gasteiger partial charge is 0.294 e. The highest BCUT2D eigenvalue weighted by molar-refractivity contribution is 7.09. The molecular weight excluding hydrogens is 290 g/mol. The average Bonchev–Trinajstić information content (AvgIpc) is 2.84. The predicted molar refractivity (Wildman–Crippen MR) is 80.6 cm³/mol. The van der Waals surface area contributed by atoms with Crippen LogP contribution in [0, 0.1) is 17.0 Å². The van der Waals surface area contributed by atoms with E-state index in [0.717, 1.165) is 10.6 Å². The van der Waals surface area contributed by atoms with E-state index in [4.69, 9.17) is 0 Å². The number of hydrogen-bond donors (Lipinski definition) is 0. The molecule has 0 saturated heterocycles. The third-order valence-corrected chi connectivity index (χ3v) is 3.99. The lowest BCUT2D eigenvalue weighted by Gasteiger charge is -2.14. The van der Waals surface area contributed by atoms with E-state index in [1.165, 1.54) is 24.3 Å². The van der Waals surface area contributed by atoms with Crippen LogP contribution < -0.4 is 0 Å². The van der Waals surface area contributed by atoms with Crippen LogP contribution in [0.5, 0.6) is 0 Å². The number of nitro benzene ring substituents is 1. The van der Waals surface area contributed by atoms with Crippen LogP contribution in [0.1, 0.15) is 20.9 Å². The molecule has 0 unspecified atom stereocenters. The number of thiazole rings is 1. The molecule has 110 valence electrons. The van der Waals surface area contributed by atoms with E-state index in [9.17, 15) is 14.9 Å². The summed E-state index contributed by atoms with van der Waals surface area (Å²) in [5.74, 6) is -0.0606. The van der Waals surface area contributed by atoms with Gasteiger partial charge < -0.3 is 0 Å². The van der Waals surface area contributed by atoms with Crippen LogP contribution in [-0.2, 0) is 6.54 Å². The first-order valence-corrected chi connectivity index (χ1v) is 7.20. The third kappa shape index (κ3) is 3.93. The fourth-order valence-corrected chi connectivity index (χ4v) is 2.74. The Hall–Kier alpha value is -2.12. The van der Waals surface area contributed by atoms with Gasteiger partial charge in [-0.2, -0.15) is 0 Å². The molecule has 0 atom stereocenters. The Morgan fingerprint density at radius 3 is 2.57 bits per heavy atom. The van der Waals surface area contributed by atoms with Gasteiger partial charge in [0.05, 0.1) is 22.7 Å². The van der Waals surface area contributed by atoms with Crippen molar-refractivity contribution in [3.63, 3.8) is 0 Å². The molecule has 0 N–H and O–H groups in total. The maximum Gasteiger partial charge on any atom is 0.269 e. The molecule has 1 aromatic heterocycles. The Kier molecular flexibility index (Phi) is 4.77. The maximum absolute atomic E-state index is 12.1. The van der Waals surface area contributed by atoms with Crippen molar-refractivity contribution in [1.29, 1.82) is 0 Å². The molecule has 0 amide bonds. The van der Waals surface area contributed by atoms with Gasteiger partial charge in [-0.15, -0.1) is 11.3 Å². The molecule has 0 aliphatic heterocycles. The summed E-state index contributed by atoms with van der Waals surface area (Å²) in [5.41, 5.74) is 3.24. The van der Waals surface area contributed by atoms with Gasteiger partial charge in [0.1, 0.15) is 0 Å². The standard InChI is InChI=1S/C14H15N3O3S/c1-10-14(21-9-15-10)8-16(2)7-13(18)11-3-5-12(6-4-11)17(19)20/h3-6,9H,7-8H2,1-2H3. The summed E-state index contributed by atoms with van der Waals surface area (Å²) in [5, 5.41) is 10.6. The SMILES string of the molecule is Cc1ncsc1CN(C)CC(=O)c1ccc([N+](=O)[O-])cc1. The molecule has 2 rings (SSSR count). The second-order valence-corrected chi connectivity index (χ2v) is 5.70. The Morgan fingerprint density at radius 2 is 2.05 bits per heavy atom. The summed E-state index contributed by atoms with van der Waals surface area (Å²) in [6, 6.07) is 5.68. The van der Waals surface area contributed by atoms with Crippen molar-refractivity contribution in [3.05, 3.63) is 56.0 Å². The molecule has 21 heavy (non-hydrogen) atoms. The topological polar surface area (TPSA) is 76.3 Å². The van der Waals surface area contributed by atoms with Crippen molar-refractivity contribution in [2.75, 3.05) is 13.6 Å². The summed E-state index contributed by atoms with van der Waals surface area (Å²) in [6.45, 7) is 2.86. The van der Waals surface area contributed by atoms with Gasteiger partial charge in [0.25, 0.3) is 5.69 Å².